The Kier molecular flexibility index (Phi) is 4.27. The number of hydrogen-bond donors (Lipinski definition) is 0. The first-order valence-electron chi connectivity index (χ1n) is 4.66. The van der Waals surface area contributed by atoms with Crippen LogP contribution in [0.4, 0.5) is 0 Å². The highest BCUT2D eigenvalue weighted by Gasteiger charge is 2.11. The van der Waals surface area contributed by atoms with E-state index in [1.165, 1.54) is 0 Å². The summed E-state index contributed by atoms with van der Waals surface area (Å²) in [6, 6.07) is 3.64. The Morgan fingerprint density at radius 2 is 1.60 bits per heavy atom. The van der Waals surface area contributed by atoms with Gasteiger partial charge in [-0.3, -0.25) is 0 Å². The first kappa shape index (κ1) is 12.2. The van der Waals surface area contributed by atoms with Gasteiger partial charge in [0.05, 0.1) is 24.8 Å². The Morgan fingerprint density at radius 3 is 2.07 bits per heavy atom. The van der Waals surface area contributed by atoms with E-state index in [1.54, 1.807) is 14.2 Å². The molecule has 0 atom stereocenters. The summed E-state index contributed by atoms with van der Waals surface area (Å²) < 4.78 is 16.9. The maximum absolute atomic E-state index is 5.61. The lowest BCUT2D eigenvalue weighted by molar-refractivity contribution is 0.228. The zero-order valence-electron chi connectivity index (χ0n) is 9.33. The van der Waals surface area contributed by atoms with Crippen molar-refractivity contribution in [2.45, 2.75) is 20.0 Å². The second-order valence-electron chi connectivity index (χ2n) is 3.30. The fraction of sp³-hybridized carbons (Fsp3) is 0.455. The van der Waals surface area contributed by atoms with E-state index in [9.17, 15) is 0 Å². The molecule has 15 heavy (non-hydrogen) atoms. The molecule has 0 aliphatic rings. The number of methoxy groups -OCH3 is 2. The molecule has 0 bridgehead atoms. The zero-order valence-corrected chi connectivity index (χ0v) is 10.9. The monoisotopic (exact) mass is 274 g/mol. The van der Waals surface area contributed by atoms with Gasteiger partial charge in [-0.2, -0.15) is 0 Å². The van der Waals surface area contributed by atoms with Gasteiger partial charge in [-0.1, -0.05) is 0 Å². The molecule has 0 saturated heterocycles. The number of halogens is 1. The molecule has 4 heteroatoms. The molecule has 1 aromatic rings. The highest BCUT2D eigenvalue weighted by molar-refractivity contribution is 9.10. The molecule has 0 radical (unpaired) electrons. The fourth-order valence-corrected chi connectivity index (χ4v) is 1.66. The summed E-state index contributed by atoms with van der Waals surface area (Å²) in [6.45, 7) is 3.93. The van der Waals surface area contributed by atoms with Crippen molar-refractivity contribution in [2.24, 2.45) is 0 Å². The molecule has 0 heterocycles. The van der Waals surface area contributed by atoms with E-state index in [1.807, 2.05) is 26.0 Å². The van der Waals surface area contributed by atoms with Gasteiger partial charge < -0.3 is 14.2 Å². The van der Waals surface area contributed by atoms with E-state index < -0.39 is 0 Å². The molecular formula is C11H15BrO3. The van der Waals surface area contributed by atoms with Crippen LogP contribution < -0.4 is 14.2 Å². The summed E-state index contributed by atoms with van der Waals surface area (Å²) in [5, 5.41) is 0. The van der Waals surface area contributed by atoms with Crippen molar-refractivity contribution in [3.63, 3.8) is 0 Å². The largest absolute Gasteiger partial charge is 0.495 e. The van der Waals surface area contributed by atoms with Crippen LogP contribution >= 0.6 is 15.9 Å². The third-order valence-corrected chi connectivity index (χ3v) is 2.42. The Balaban J connectivity index is 3.10. The van der Waals surface area contributed by atoms with E-state index >= 15 is 0 Å². The molecule has 3 nitrogen and oxygen atoms in total. The number of hydrogen-bond acceptors (Lipinski definition) is 3. The predicted molar refractivity (Wildman–Crippen MR) is 63.0 cm³/mol. The fourth-order valence-electron chi connectivity index (χ4n) is 1.18. The van der Waals surface area contributed by atoms with Gasteiger partial charge in [-0.05, 0) is 29.8 Å². The molecule has 0 aromatic heterocycles. The van der Waals surface area contributed by atoms with Crippen molar-refractivity contribution < 1.29 is 14.2 Å². The Labute approximate surface area is 98.5 Å². The van der Waals surface area contributed by atoms with Gasteiger partial charge in [0.1, 0.15) is 5.75 Å². The first-order valence-corrected chi connectivity index (χ1v) is 5.46. The highest BCUT2D eigenvalue weighted by atomic mass is 79.9. The third kappa shape index (κ3) is 3.02. The topological polar surface area (TPSA) is 27.7 Å². The summed E-state index contributed by atoms with van der Waals surface area (Å²) in [5.41, 5.74) is 0. The lowest BCUT2D eigenvalue weighted by Gasteiger charge is -2.15. The molecule has 1 aromatic carbocycles. The van der Waals surface area contributed by atoms with Crippen LogP contribution in [-0.4, -0.2) is 20.3 Å². The molecule has 0 unspecified atom stereocenters. The van der Waals surface area contributed by atoms with Crippen molar-refractivity contribution in [3.05, 3.63) is 16.6 Å². The molecule has 0 N–H and O–H groups in total. The van der Waals surface area contributed by atoms with E-state index in [0.29, 0.717) is 11.5 Å². The van der Waals surface area contributed by atoms with Gasteiger partial charge in [0.2, 0.25) is 0 Å². The minimum Gasteiger partial charge on any atom is -0.495 e. The summed E-state index contributed by atoms with van der Waals surface area (Å²) >= 11 is 3.39. The molecule has 0 spiro atoms. The van der Waals surface area contributed by atoms with Crippen molar-refractivity contribution in [1.82, 2.24) is 0 Å². The lowest BCUT2D eigenvalue weighted by atomic mass is 10.3. The quantitative estimate of drug-likeness (QED) is 0.844. The van der Waals surface area contributed by atoms with Crippen LogP contribution in [0.15, 0.2) is 16.6 Å². The van der Waals surface area contributed by atoms with E-state index in [0.717, 1.165) is 10.2 Å². The average molecular weight is 275 g/mol. The van der Waals surface area contributed by atoms with Crippen molar-refractivity contribution in [2.75, 3.05) is 14.2 Å². The minimum atomic E-state index is 0.102. The summed E-state index contributed by atoms with van der Waals surface area (Å²) in [5.74, 6) is 2.11. The van der Waals surface area contributed by atoms with Crippen molar-refractivity contribution in [3.8, 4) is 17.2 Å². The molecule has 1 rings (SSSR count). The smallest absolute Gasteiger partial charge is 0.165 e. The second-order valence-corrected chi connectivity index (χ2v) is 4.16. The summed E-state index contributed by atoms with van der Waals surface area (Å²) in [4.78, 5) is 0. The molecule has 0 aliphatic carbocycles. The number of rotatable bonds is 4. The van der Waals surface area contributed by atoms with Crippen LogP contribution in [0.1, 0.15) is 13.8 Å². The molecule has 84 valence electrons. The number of ether oxygens (including phenoxy) is 3. The van der Waals surface area contributed by atoms with Crippen molar-refractivity contribution in [1.29, 1.82) is 0 Å². The van der Waals surface area contributed by atoms with Gasteiger partial charge >= 0.3 is 0 Å². The van der Waals surface area contributed by atoms with E-state index in [2.05, 4.69) is 15.9 Å². The summed E-state index contributed by atoms with van der Waals surface area (Å²) in [7, 11) is 3.23. The SMILES string of the molecule is COc1cc(OC(C)C)c(OC)cc1Br. The first-order chi connectivity index (χ1) is 7.08. The van der Waals surface area contributed by atoms with Crippen LogP contribution in [0.5, 0.6) is 17.2 Å². The average Bonchev–Trinajstić information content (AvgIpc) is 2.19. The molecule has 0 fully saturated rings. The normalized spacial score (nSPS) is 10.3. The molecular weight excluding hydrogens is 260 g/mol. The van der Waals surface area contributed by atoms with E-state index in [-0.39, 0.29) is 6.10 Å². The lowest BCUT2D eigenvalue weighted by Crippen LogP contribution is -2.07. The van der Waals surface area contributed by atoms with Crippen LogP contribution in [0.25, 0.3) is 0 Å². The van der Waals surface area contributed by atoms with Gasteiger partial charge in [-0.25, -0.2) is 0 Å². The van der Waals surface area contributed by atoms with Crippen LogP contribution in [-0.2, 0) is 0 Å². The summed E-state index contributed by atoms with van der Waals surface area (Å²) in [6.07, 6.45) is 0.102. The third-order valence-electron chi connectivity index (χ3n) is 1.80. The molecule has 0 saturated carbocycles. The van der Waals surface area contributed by atoms with Gasteiger partial charge in [0.25, 0.3) is 0 Å². The maximum atomic E-state index is 5.61. The standard InChI is InChI=1S/C11H15BrO3/c1-7(2)15-11-6-9(13-3)8(12)5-10(11)14-4/h5-7H,1-4H3. The Hall–Kier alpha value is -0.900. The second kappa shape index (κ2) is 5.26. The maximum Gasteiger partial charge on any atom is 0.165 e. The van der Waals surface area contributed by atoms with Gasteiger partial charge in [-0.15, -0.1) is 0 Å². The van der Waals surface area contributed by atoms with E-state index in [4.69, 9.17) is 14.2 Å². The van der Waals surface area contributed by atoms with Crippen LogP contribution in [0.3, 0.4) is 0 Å². The zero-order chi connectivity index (χ0) is 11.4. The number of benzene rings is 1. The molecule has 0 aliphatic heterocycles. The van der Waals surface area contributed by atoms with Crippen LogP contribution in [0.2, 0.25) is 0 Å². The Bertz CT molecular complexity index is 337. The molecule has 0 amide bonds. The highest BCUT2D eigenvalue weighted by Crippen LogP contribution is 2.38. The van der Waals surface area contributed by atoms with Crippen molar-refractivity contribution >= 4 is 15.9 Å². The Morgan fingerprint density at radius 1 is 1.00 bits per heavy atom. The minimum absolute atomic E-state index is 0.102. The van der Waals surface area contributed by atoms with Crippen LogP contribution in [0, 0.1) is 0 Å². The predicted octanol–water partition coefficient (Wildman–Crippen LogP) is 3.25. The van der Waals surface area contributed by atoms with Gasteiger partial charge in [0, 0.05) is 12.1 Å². The van der Waals surface area contributed by atoms with Gasteiger partial charge in [0.15, 0.2) is 11.5 Å².